The van der Waals surface area contributed by atoms with Gasteiger partial charge in [-0.3, -0.25) is 4.79 Å². The van der Waals surface area contributed by atoms with Crippen molar-refractivity contribution in [1.29, 1.82) is 0 Å². The maximum absolute atomic E-state index is 11.8. The van der Waals surface area contributed by atoms with Gasteiger partial charge in [0.1, 0.15) is 6.26 Å². The molecule has 6 nitrogen and oxygen atoms in total. The van der Waals surface area contributed by atoms with Crippen LogP contribution in [0.2, 0.25) is 0 Å². The second-order valence-electron chi connectivity index (χ2n) is 4.70. The lowest BCUT2D eigenvalue weighted by atomic mass is 10.1. The van der Waals surface area contributed by atoms with Crippen molar-refractivity contribution in [2.75, 3.05) is 13.2 Å². The van der Waals surface area contributed by atoms with Crippen LogP contribution < -0.4 is 11.1 Å². The molecule has 6 heteroatoms. The van der Waals surface area contributed by atoms with E-state index in [1.54, 1.807) is 0 Å². The molecule has 0 spiro atoms. The highest BCUT2D eigenvalue weighted by molar-refractivity contribution is 5.91. The first-order valence-corrected chi connectivity index (χ1v) is 6.84. The van der Waals surface area contributed by atoms with Crippen LogP contribution in [0.3, 0.4) is 0 Å². The molecule has 1 heterocycles. The van der Waals surface area contributed by atoms with E-state index in [2.05, 4.69) is 10.3 Å². The molecule has 1 unspecified atom stereocenters. The lowest BCUT2D eigenvalue weighted by Crippen LogP contribution is -2.25. The van der Waals surface area contributed by atoms with Gasteiger partial charge in [0, 0.05) is 13.2 Å². The summed E-state index contributed by atoms with van der Waals surface area (Å²) in [6, 6.07) is 9.38. The number of aliphatic hydroxyl groups excluding tert-OH is 1. The summed E-state index contributed by atoms with van der Waals surface area (Å²) in [6.45, 7) is 0.430. The molecule has 0 aliphatic rings. The number of oxazole rings is 1. The molecule has 4 N–H and O–H groups in total. The fourth-order valence-electron chi connectivity index (χ4n) is 1.89. The first kappa shape index (κ1) is 15.2. The van der Waals surface area contributed by atoms with Gasteiger partial charge in [0.2, 0.25) is 5.89 Å². The molecule has 2 aromatic rings. The van der Waals surface area contributed by atoms with Gasteiger partial charge >= 0.3 is 0 Å². The zero-order valence-corrected chi connectivity index (χ0v) is 11.7. The summed E-state index contributed by atoms with van der Waals surface area (Å²) in [6.07, 6.45) is 2.39. The van der Waals surface area contributed by atoms with Gasteiger partial charge < -0.3 is 20.6 Å². The van der Waals surface area contributed by atoms with E-state index in [1.807, 2.05) is 30.3 Å². The second kappa shape index (κ2) is 7.56. The molecule has 0 radical (unpaired) electrons. The van der Waals surface area contributed by atoms with Crippen LogP contribution in [0.25, 0.3) is 0 Å². The van der Waals surface area contributed by atoms with Crippen molar-refractivity contribution in [3.8, 4) is 0 Å². The predicted molar refractivity (Wildman–Crippen MR) is 77.6 cm³/mol. The highest BCUT2D eigenvalue weighted by atomic mass is 16.3. The lowest BCUT2D eigenvalue weighted by Gasteiger charge is -2.07. The number of nitrogens with one attached hydrogen (secondary N) is 1. The highest BCUT2D eigenvalue weighted by Crippen LogP contribution is 2.15. The number of nitrogens with two attached hydrogens (primary N) is 1. The molecule has 112 valence electrons. The van der Waals surface area contributed by atoms with Crippen LogP contribution in [-0.2, 0) is 6.42 Å². The minimum atomic E-state index is -0.397. The Balaban J connectivity index is 1.94. The maximum Gasteiger partial charge on any atom is 0.273 e. The van der Waals surface area contributed by atoms with Crippen molar-refractivity contribution in [3.63, 3.8) is 0 Å². The fourth-order valence-corrected chi connectivity index (χ4v) is 1.89. The maximum atomic E-state index is 11.8. The third-order valence-electron chi connectivity index (χ3n) is 2.99. The van der Waals surface area contributed by atoms with E-state index in [-0.39, 0.29) is 18.2 Å². The van der Waals surface area contributed by atoms with Crippen LogP contribution in [0, 0.1) is 0 Å². The van der Waals surface area contributed by atoms with Crippen molar-refractivity contribution in [3.05, 3.63) is 53.7 Å². The third-order valence-corrected chi connectivity index (χ3v) is 2.99. The van der Waals surface area contributed by atoms with Crippen LogP contribution in [-0.4, -0.2) is 29.1 Å². The van der Waals surface area contributed by atoms with Crippen molar-refractivity contribution in [2.24, 2.45) is 5.73 Å². The van der Waals surface area contributed by atoms with Crippen LogP contribution in [0.5, 0.6) is 0 Å². The molecule has 2 rings (SSSR count). The smallest absolute Gasteiger partial charge is 0.273 e. The number of benzene rings is 1. The van der Waals surface area contributed by atoms with Crippen LogP contribution in [0.1, 0.15) is 34.4 Å². The number of carbonyl (C=O) groups is 1. The monoisotopic (exact) mass is 289 g/mol. The zero-order chi connectivity index (χ0) is 15.1. The average Bonchev–Trinajstić information content (AvgIpc) is 2.98. The molecule has 1 amide bonds. The highest BCUT2D eigenvalue weighted by Gasteiger charge is 2.17. The van der Waals surface area contributed by atoms with Crippen molar-refractivity contribution >= 4 is 5.91 Å². The van der Waals surface area contributed by atoms with Gasteiger partial charge in [-0.1, -0.05) is 30.3 Å². The molecule has 0 bridgehead atoms. The molecule has 1 aromatic heterocycles. The summed E-state index contributed by atoms with van der Waals surface area (Å²) in [4.78, 5) is 15.9. The van der Waals surface area contributed by atoms with Gasteiger partial charge in [-0.05, 0) is 18.4 Å². The summed E-state index contributed by atoms with van der Waals surface area (Å²) >= 11 is 0. The number of hydrogen-bond donors (Lipinski definition) is 3. The van der Waals surface area contributed by atoms with E-state index >= 15 is 0 Å². The number of carbonyl (C=O) groups excluding carboxylic acids is 1. The minimum absolute atomic E-state index is 0.0340. The summed E-state index contributed by atoms with van der Waals surface area (Å²) in [7, 11) is 0. The van der Waals surface area contributed by atoms with Gasteiger partial charge in [-0.2, -0.15) is 0 Å². The molecule has 1 aromatic carbocycles. The Labute approximate surface area is 123 Å². The number of aromatic nitrogens is 1. The summed E-state index contributed by atoms with van der Waals surface area (Å²) in [5, 5.41) is 11.3. The van der Waals surface area contributed by atoms with Gasteiger partial charge in [0.15, 0.2) is 5.69 Å². The largest absolute Gasteiger partial charge is 0.446 e. The van der Waals surface area contributed by atoms with Gasteiger partial charge in [-0.25, -0.2) is 4.98 Å². The fraction of sp³-hybridized carbons (Fsp3) is 0.333. The Morgan fingerprint density at radius 2 is 2.14 bits per heavy atom. The van der Waals surface area contributed by atoms with Crippen LogP contribution in [0.15, 0.2) is 41.0 Å². The molecular formula is C15H19N3O3. The number of aliphatic hydroxyl groups is 1. The number of amides is 1. The van der Waals surface area contributed by atoms with Crippen LogP contribution in [0.4, 0.5) is 0 Å². The Hall–Kier alpha value is -2.18. The molecule has 0 fully saturated rings. The average molecular weight is 289 g/mol. The number of nitrogens with zero attached hydrogens (tertiary/aromatic N) is 1. The summed E-state index contributed by atoms with van der Waals surface area (Å²) < 4.78 is 5.28. The van der Waals surface area contributed by atoms with Gasteiger partial charge in [0.05, 0.1) is 6.04 Å². The first-order valence-electron chi connectivity index (χ1n) is 6.84. The Morgan fingerprint density at radius 1 is 1.38 bits per heavy atom. The standard InChI is InChI=1S/C15H19N3O3/c16-12(9-11-5-2-1-3-6-11)15-18-13(10-21-15)14(20)17-7-4-8-19/h1-3,5-6,10,12,19H,4,7-9,16H2,(H,17,20). The number of hydrogen-bond acceptors (Lipinski definition) is 5. The van der Waals surface area contributed by atoms with E-state index in [1.165, 1.54) is 6.26 Å². The van der Waals surface area contributed by atoms with E-state index in [0.717, 1.165) is 5.56 Å². The lowest BCUT2D eigenvalue weighted by molar-refractivity contribution is 0.0946. The van der Waals surface area contributed by atoms with Crippen LogP contribution >= 0.6 is 0 Å². The van der Waals surface area contributed by atoms with Crippen molar-refractivity contribution < 1.29 is 14.3 Å². The molecule has 1 atom stereocenters. The van der Waals surface area contributed by atoms with E-state index in [0.29, 0.717) is 25.3 Å². The quantitative estimate of drug-likeness (QED) is 0.661. The normalized spacial score (nSPS) is 12.1. The molecular weight excluding hydrogens is 270 g/mol. The second-order valence-corrected chi connectivity index (χ2v) is 4.70. The molecule has 0 aliphatic carbocycles. The van der Waals surface area contributed by atoms with Gasteiger partial charge in [-0.15, -0.1) is 0 Å². The molecule has 0 saturated heterocycles. The van der Waals surface area contributed by atoms with Gasteiger partial charge in [0.25, 0.3) is 5.91 Å². The molecule has 21 heavy (non-hydrogen) atoms. The van der Waals surface area contributed by atoms with E-state index in [9.17, 15) is 4.79 Å². The third kappa shape index (κ3) is 4.40. The number of rotatable bonds is 7. The topological polar surface area (TPSA) is 101 Å². The molecule has 0 aliphatic heterocycles. The Bertz CT molecular complexity index is 569. The molecule has 0 saturated carbocycles. The minimum Gasteiger partial charge on any atom is -0.446 e. The zero-order valence-electron chi connectivity index (χ0n) is 11.7. The summed E-state index contributed by atoms with van der Waals surface area (Å²) in [5.41, 5.74) is 7.32. The summed E-state index contributed by atoms with van der Waals surface area (Å²) in [5.74, 6) is 0.0107. The SMILES string of the molecule is NC(Cc1ccccc1)c1nc(C(=O)NCCCO)co1. The Kier molecular flexibility index (Phi) is 5.48. The van der Waals surface area contributed by atoms with Crippen molar-refractivity contribution in [1.82, 2.24) is 10.3 Å². The van der Waals surface area contributed by atoms with E-state index in [4.69, 9.17) is 15.3 Å². The first-order chi connectivity index (χ1) is 10.2. The van der Waals surface area contributed by atoms with E-state index < -0.39 is 6.04 Å². The van der Waals surface area contributed by atoms with Crippen molar-refractivity contribution in [2.45, 2.75) is 18.9 Å². The Morgan fingerprint density at radius 3 is 2.86 bits per heavy atom. The predicted octanol–water partition coefficient (Wildman–Crippen LogP) is 1.03.